The average Bonchev–Trinajstić information content (AvgIpc) is 2.36. The van der Waals surface area contributed by atoms with Crippen LogP contribution in [0.2, 0.25) is 0 Å². The van der Waals surface area contributed by atoms with E-state index in [0.717, 1.165) is 24.8 Å². The Morgan fingerprint density at radius 3 is 2.18 bits per heavy atom. The van der Waals surface area contributed by atoms with Crippen molar-refractivity contribution in [1.82, 2.24) is 0 Å². The molecule has 0 fully saturated rings. The van der Waals surface area contributed by atoms with E-state index in [1.807, 2.05) is 0 Å². The molecule has 1 aromatic carbocycles. The van der Waals surface area contributed by atoms with Crippen LogP contribution in [-0.2, 0) is 0 Å². The first-order chi connectivity index (χ1) is 8.13. The molecule has 0 saturated heterocycles. The molecule has 0 aliphatic carbocycles. The van der Waals surface area contributed by atoms with Crippen molar-refractivity contribution in [1.29, 1.82) is 0 Å². The van der Waals surface area contributed by atoms with Crippen molar-refractivity contribution in [2.24, 2.45) is 5.73 Å². The van der Waals surface area contributed by atoms with E-state index in [-0.39, 0.29) is 11.8 Å². The molecule has 3 N–H and O–H groups in total. The number of methoxy groups -OCH3 is 2. The third kappa shape index (κ3) is 3.27. The van der Waals surface area contributed by atoms with Gasteiger partial charge in [0.25, 0.3) is 0 Å². The minimum absolute atomic E-state index is 0.0152. The predicted octanol–water partition coefficient (Wildman–Crippen LogP) is 2.60. The van der Waals surface area contributed by atoms with Crippen LogP contribution in [0.15, 0.2) is 12.1 Å². The average molecular weight is 239 g/mol. The lowest BCUT2D eigenvalue weighted by molar-refractivity contribution is 0.338. The fourth-order valence-corrected chi connectivity index (χ4v) is 1.72. The summed E-state index contributed by atoms with van der Waals surface area (Å²) in [6.45, 7) is 2.13. The molecule has 0 aliphatic rings. The topological polar surface area (TPSA) is 64.7 Å². The lowest BCUT2D eigenvalue weighted by Crippen LogP contribution is -2.10. The smallest absolute Gasteiger partial charge is 0.200 e. The summed E-state index contributed by atoms with van der Waals surface area (Å²) in [5.74, 6) is 0.805. The zero-order chi connectivity index (χ0) is 12.8. The molecule has 1 atom stereocenters. The van der Waals surface area contributed by atoms with Crippen molar-refractivity contribution in [3.8, 4) is 17.2 Å². The molecule has 17 heavy (non-hydrogen) atoms. The second-order valence-electron chi connectivity index (χ2n) is 4.02. The number of aromatic hydroxyl groups is 1. The summed E-state index contributed by atoms with van der Waals surface area (Å²) < 4.78 is 10.2. The summed E-state index contributed by atoms with van der Waals surface area (Å²) in [5, 5.41) is 9.78. The third-order valence-electron chi connectivity index (χ3n) is 2.80. The molecule has 0 aliphatic heterocycles. The van der Waals surface area contributed by atoms with E-state index in [9.17, 15) is 5.11 Å². The van der Waals surface area contributed by atoms with E-state index in [1.54, 1.807) is 12.1 Å². The van der Waals surface area contributed by atoms with E-state index >= 15 is 0 Å². The standard InChI is InChI=1S/C13H21NO3/c1-4-5-6-10(14)9-7-11(16-2)13(15)12(8-9)17-3/h7-8,10,15H,4-6,14H2,1-3H3/t10-/m1/s1. The number of phenols is 1. The van der Waals surface area contributed by atoms with Crippen LogP contribution in [0.25, 0.3) is 0 Å². The molecule has 0 spiro atoms. The molecule has 96 valence electrons. The third-order valence-corrected chi connectivity index (χ3v) is 2.80. The minimum atomic E-state index is -0.0571. The van der Waals surface area contributed by atoms with Gasteiger partial charge >= 0.3 is 0 Å². The number of unbranched alkanes of at least 4 members (excludes halogenated alkanes) is 1. The Hall–Kier alpha value is -1.42. The van der Waals surface area contributed by atoms with Crippen molar-refractivity contribution < 1.29 is 14.6 Å². The zero-order valence-electron chi connectivity index (χ0n) is 10.7. The maximum Gasteiger partial charge on any atom is 0.200 e. The highest BCUT2D eigenvalue weighted by Gasteiger charge is 2.14. The highest BCUT2D eigenvalue weighted by molar-refractivity contribution is 5.53. The Labute approximate surface area is 102 Å². The van der Waals surface area contributed by atoms with E-state index in [1.165, 1.54) is 14.2 Å². The van der Waals surface area contributed by atoms with Crippen LogP contribution in [-0.4, -0.2) is 19.3 Å². The summed E-state index contributed by atoms with van der Waals surface area (Å²) in [7, 11) is 3.02. The first-order valence-corrected chi connectivity index (χ1v) is 5.84. The molecule has 4 heteroatoms. The fourth-order valence-electron chi connectivity index (χ4n) is 1.72. The normalized spacial score (nSPS) is 12.2. The number of ether oxygens (including phenoxy) is 2. The van der Waals surface area contributed by atoms with Crippen LogP contribution in [0.5, 0.6) is 17.2 Å². The monoisotopic (exact) mass is 239 g/mol. The first-order valence-electron chi connectivity index (χ1n) is 5.84. The number of benzene rings is 1. The van der Waals surface area contributed by atoms with Crippen LogP contribution in [0.4, 0.5) is 0 Å². The van der Waals surface area contributed by atoms with Crippen molar-refractivity contribution in [2.45, 2.75) is 32.2 Å². The van der Waals surface area contributed by atoms with Gasteiger partial charge in [-0.2, -0.15) is 0 Å². The Kier molecular flexibility index (Phi) is 5.10. The van der Waals surface area contributed by atoms with Gasteiger partial charge in [-0.3, -0.25) is 0 Å². The Morgan fingerprint density at radius 2 is 1.76 bits per heavy atom. The quantitative estimate of drug-likeness (QED) is 0.801. The van der Waals surface area contributed by atoms with E-state index in [4.69, 9.17) is 15.2 Å². The van der Waals surface area contributed by atoms with Crippen LogP contribution < -0.4 is 15.2 Å². The summed E-state index contributed by atoms with van der Waals surface area (Å²) in [4.78, 5) is 0. The van der Waals surface area contributed by atoms with Gasteiger partial charge in [-0.05, 0) is 24.1 Å². The SMILES string of the molecule is CCCC[C@@H](N)c1cc(OC)c(O)c(OC)c1. The Balaban J connectivity index is 2.99. The van der Waals surface area contributed by atoms with Crippen molar-refractivity contribution in [3.05, 3.63) is 17.7 Å². The Bertz CT molecular complexity index is 341. The molecular weight excluding hydrogens is 218 g/mol. The lowest BCUT2D eigenvalue weighted by atomic mass is 10.0. The Morgan fingerprint density at radius 1 is 1.24 bits per heavy atom. The van der Waals surface area contributed by atoms with Crippen LogP contribution in [0, 0.1) is 0 Å². The minimum Gasteiger partial charge on any atom is -0.502 e. The van der Waals surface area contributed by atoms with Gasteiger partial charge < -0.3 is 20.3 Å². The molecule has 4 nitrogen and oxygen atoms in total. The van der Waals surface area contributed by atoms with Crippen molar-refractivity contribution in [2.75, 3.05) is 14.2 Å². The van der Waals surface area contributed by atoms with Gasteiger partial charge in [-0.25, -0.2) is 0 Å². The number of phenolic OH excluding ortho intramolecular Hbond substituents is 1. The first kappa shape index (κ1) is 13.6. The second kappa shape index (κ2) is 6.35. The summed E-state index contributed by atoms with van der Waals surface area (Å²) in [6, 6.07) is 3.47. The molecule has 0 bridgehead atoms. The molecular formula is C13H21NO3. The van der Waals surface area contributed by atoms with Gasteiger partial charge in [0.1, 0.15) is 0 Å². The van der Waals surface area contributed by atoms with Gasteiger partial charge in [-0.15, -0.1) is 0 Å². The molecule has 1 rings (SSSR count). The van der Waals surface area contributed by atoms with Crippen molar-refractivity contribution in [3.63, 3.8) is 0 Å². The maximum atomic E-state index is 9.78. The highest BCUT2D eigenvalue weighted by Crippen LogP contribution is 2.38. The summed E-state index contributed by atoms with van der Waals surface area (Å²) in [6.07, 6.45) is 3.10. The van der Waals surface area contributed by atoms with E-state index in [0.29, 0.717) is 11.5 Å². The largest absolute Gasteiger partial charge is 0.502 e. The van der Waals surface area contributed by atoms with Gasteiger partial charge in [0.05, 0.1) is 14.2 Å². The fraction of sp³-hybridized carbons (Fsp3) is 0.538. The van der Waals surface area contributed by atoms with Crippen LogP contribution >= 0.6 is 0 Å². The highest BCUT2D eigenvalue weighted by atomic mass is 16.5. The molecule has 0 unspecified atom stereocenters. The molecule has 1 aromatic rings. The second-order valence-corrected chi connectivity index (χ2v) is 4.02. The summed E-state index contributed by atoms with van der Waals surface area (Å²) >= 11 is 0. The van der Waals surface area contributed by atoms with Gasteiger partial charge in [0, 0.05) is 6.04 Å². The number of hydrogen-bond donors (Lipinski definition) is 2. The maximum absolute atomic E-state index is 9.78. The van der Waals surface area contributed by atoms with Gasteiger partial charge in [0.2, 0.25) is 5.75 Å². The zero-order valence-corrected chi connectivity index (χ0v) is 10.7. The number of rotatable bonds is 6. The van der Waals surface area contributed by atoms with Crippen LogP contribution in [0.3, 0.4) is 0 Å². The van der Waals surface area contributed by atoms with Crippen LogP contribution in [0.1, 0.15) is 37.8 Å². The molecule has 0 aromatic heterocycles. The summed E-state index contributed by atoms with van der Waals surface area (Å²) in [5.41, 5.74) is 7.01. The van der Waals surface area contributed by atoms with E-state index in [2.05, 4.69) is 6.92 Å². The lowest BCUT2D eigenvalue weighted by Gasteiger charge is -2.15. The molecule has 0 heterocycles. The predicted molar refractivity (Wildman–Crippen MR) is 67.7 cm³/mol. The van der Waals surface area contributed by atoms with Crippen molar-refractivity contribution >= 4 is 0 Å². The molecule has 0 amide bonds. The molecule has 0 saturated carbocycles. The number of hydrogen-bond acceptors (Lipinski definition) is 4. The van der Waals surface area contributed by atoms with E-state index < -0.39 is 0 Å². The number of nitrogens with two attached hydrogens (primary N) is 1. The van der Waals surface area contributed by atoms with Gasteiger partial charge in [-0.1, -0.05) is 19.8 Å². The molecule has 0 radical (unpaired) electrons. The van der Waals surface area contributed by atoms with Gasteiger partial charge in [0.15, 0.2) is 11.5 Å².